The smallest absolute Gasteiger partial charge is 0.124 e. The number of ether oxygens (including phenoxy) is 1. The summed E-state index contributed by atoms with van der Waals surface area (Å²) in [6.07, 6.45) is 6.13. The minimum atomic E-state index is 0.231. The van der Waals surface area contributed by atoms with Crippen LogP contribution in [-0.4, -0.2) is 23.9 Å². The van der Waals surface area contributed by atoms with Crippen molar-refractivity contribution in [1.29, 1.82) is 0 Å². The Morgan fingerprint density at radius 1 is 1.32 bits per heavy atom. The van der Waals surface area contributed by atoms with Crippen LogP contribution in [0.25, 0.3) is 0 Å². The van der Waals surface area contributed by atoms with Gasteiger partial charge in [-0.05, 0) is 45.1 Å². The molecule has 1 aromatic rings. The Labute approximate surface area is 116 Å². The minimum absolute atomic E-state index is 0.231. The summed E-state index contributed by atoms with van der Waals surface area (Å²) in [5, 5.41) is 12.3. The Morgan fingerprint density at radius 3 is 2.79 bits per heavy atom. The van der Waals surface area contributed by atoms with E-state index in [0.29, 0.717) is 12.1 Å². The lowest BCUT2D eigenvalue weighted by molar-refractivity contribution is 0.207. The maximum atomic E-state index is 8.91. The van der Waals surface area contributed by atoms with Crippen LogP contribution in [0.4, 0.5) is 0 Å². The van der Waals surface area contributed by atoms with Gasteiger partial charge >= 0.3 is 0 Å². The fourth-order valence-corrected chi connectivity index (χ4v) is 2.53. The van der Waals surface area contributed by atoms with Crippen molar-refractivity contribution in [2.45, 2.75) is 57.7 Å². The Hall–Kier alpha value is -1.06. The molecule has 3 heteroatoms. The lowest BCUT2D eigenvalue weighted by Gasteiger charge is -2.18. The largest absolute Gasteiger partial charge is 0.490 e. The molecule has 0 spiro atoms. The highest BCUT2D eigenvalue weighted by molar-refractivity contribution is 5.33. The van der Waals surface area contributed by atoms with E-state index in [1.54, 1.807) is 0 Å². The molecule has 0 heterocycles. The van der Waals surface area contributed by atoms with Crippen LogP contribution in [0.5, 0.6) is 5.75 Å². The third-order valence-corrected chi connectivity index (χ3v) is 3.77. The molecule has 2 N–H and O–H groups in total. The number of hydrogen-bond acceptors (Lipinski definition) is 3. The van der Waals surface area contributed by atoms with Gasteiger partial charge < -0.3 is 15.2 Å². The number of nitrogens with one attached hydrogen (secondary N) is 1. The second-order valence-electron chi connectivity index (χ2n) is 5.43. The molecule has 0 amide bonds. The van der Waals surface area contributed by atoms with Gasteiger partial charge in [0.1, 0.15) is 5.75 Å². The first-order valence-corrected chi connectivity index (χ1v) is 7.38. The van der Waals surface area contributed by atoms with E-state index in [9.17, 15) is 0 Å². The van der Waals surface area contributed by atoms with E-state index in [-0.39, 0.29) is 6.61 Å². The lowest BCUT2D eigenvalue weighted by atomic mass is 10.1. The van der Waals surface area contributed by atoms with Crippen molar-refractivity contribution in [3.05, 3.63) is 29.8 Å². The van der Waals surface area contributed by atoms with Gasteiger partial charge in [0.25, 0.3) is 0 Å². The number of rotatable bonds is 7. The highest BCUT2D eigenvalue weighted by atomic mass is 16.5. The second kappa shape index (κ2) is 7.51. The molecule has 3 nitrogen and oxygen atoms in total. The fraction of sp³-hybridized carbons (Fsp3) is 0.625. The van der Waals surface area contributed by atoms with E-state index in [4.69, 9.17) is 9.84 Å². The van der Waals surface area contributed by atoms with E-state index in [1.165, 1.54) is 31.2 Å². The molecule has 0 saturated heterocycles. The van der Waals surface area contributed by atoms with Crippen LogP contribution in [0.2, 0.25) is 0 Å². The van der Waals surface area contributed by atoms with Gasteiger partial charge in [0, 0.05) is 24.8 Å². The molecule has 0 bridgehead atoms. The maximum absolute atomic E-state index is 8.91. The predicted octanol–water partition coefficient (Wildman–Crippen LogP) is 2.87. The standard InChI is InChI=1S/C16H25NO2/c1-13(10-11-18)17-12-14-6-2-5-9-16(14)19-15-7-3-4-8-15/h2,5-6,9,13,15,17-18H,3-4,7-8,10-12H2,1H3. The SMILES string of the molecule is CC(CCO)NCc1ccccc1OC1CCCC1. The van der Waals surface area contributed by atoms with Crippen molar-refractivity contribution in [1.82, 2.24) is 5.32 Å². The van der Waals surface area contributed by atoms with Gasteiger partial charge in [-0.25, -0.2) is 0 Å². The van der Waals surface area contributed by atoms with Crippen LogP contribution in [0, 0.1) is 0 Å². The second-order valence-corrected chi connectivity index (χ2v) is 5.43. The zero-order valence-corrected chi connectivity index (χ0v) is 11.8. The summed E-state index contributed by atoms with van der Waals surface area (Å²) >= 11 is 0. The van der Waals surface area contributed by atoms with Crippen LogP contribution in [0.3, 0.4) is 0 Å². The lowest BCUT2D eigenvalue weighted by Crippen LogP contribution is -2.26. The van der Waals surface area contributed by atoms with Crippen molar-refractivity contribution in [2.75, 3.05) is 6.61 Å². The molecule has 2 rings (SSSR count). The molecule has 0 radical (unpaired) electrons. The predicted molar refractivity (Wildman–Crippen MR) is 77.3 cm³/mol. The van der Waals surface area contributed by atoms with E-state index >= 15 is 0 Å². The van der Waals surface area contributed by atoms with E-state index < -0.39 is 0 Å². The zero-order chi connectivity index (χ0) is 13.5. The average Bonchev–Trinajstić information content (AvgIpc) is 2.91. The first-order valence-electron chi connectivity index (χ1n) is 7.38. The van der Waals surface area contributed by atoms with Gasteiger partial charge in [-0.2, -0.15) is 0 Å². The quantitative estimate of drug-likeness (QED) is 0.795. The van der Waals surface area contributed by atoms with Gasteiger partial charge in [0.05, 0.1) is 6.10 Å². The average molecular weight is 263 g/mol. The van der Waals surface area contributed by atoms with Gasteiger partial charge in [0.2, 0.25) is 0 Å². The van der Waals surface area contributed by atoms with Gasteiger partial charge in [0.15, 0.2) is 0 Å². The van der Waals surface area contributed by atoms with Crippen molar-refractivity contribution in [2.24, 2.45) is 0 Å². The Kier molecular flexibility index (Phi) is 5.67. The molecule has 1 aliphatic carbocycles. The summed E-state index contributed by atoms with van der Waals surface area (Å²) in [7, 11) is 0. The van der Waals surface area contributed by atoms with Crippen molar-refractivity contribution in [3.63, 3.8) is 0 Å². The Balaban J connectivity index is 1.91. The summed E-state index contributed by atoms with van der Waals surface area (Å²) in [4.78, 5) is 0. The summed E-state index contributed by atoms with van der Waals surface area (Å²) in [6.45, 7) is 3.12. The van der Waals surface area contributed by atoms with Crippen LogP contribution in [0.1, 0.15) is 44.6 Å². The summed E-state index contributed by atoms with van der Waals surface area (Å²) in [5.74, 6) is 1.01. The minimum Gasteiger partial charge on any atom is -0.490 e. The van der Waals surface area contributed by atoms with Gasteiger partial charge in [-0.3, -0.25) is 0 Å². The zero-order valence-electron chi connectivity index (χ0n) is 11.8. The molecule has 0 aliphatic heterocycles. The third kappa shape index (κ3) is 4.51. The number of benzene rings is 1. The van der Waals surface area contributed by atoms with Gasteiger partial charge in [-0.15, -0.1) is 0 Å². The fourth-order valence-electron chi connectivity index (χ4n) is 2.53. The molecule has 106 valence electrons. The van der Waals surface area contributed by atoms with Crippen LogP contribution in [-0.2, 0) is 6.54 Å². The van der Waals surface area contributed by atoms with Crippen molar-refractivity contribution >= 4 is 0 Å². The highest BCUT2D eigenvalue weighted by Gasteiger charge is 2.17. The molecule has 1 saturated carbocycles. The molecule has 1 aliphatic rings. The molecular weight excluding hydrogens is 238 g/mol. The Morgan fingerprint density at radius 2 is 2.05 bits per heavy atom. The van der Waals surface area contributed by atoms with Crippen LogP contribution < -0.4 is 10.1 Å². The third-order valence-electron chi connectivity index (χ3n) is 3.77. The van der Waals surface area contributed by atoms with Crippen LogP contribution in [0.15, 0.2) is 24.3 Å². The normalized spacial score (nSPS) is 17.6. The van der Waals surface area contributed by atoms with E-state index in [2.05, 4.69) is 30.4 Å². The summed E-state index contributed by atoms with van der Waals surface area (Å²) in [6, 6.07) is 8.58. The van der Waals surface area contributed by atoms with Crippen molar-refractivity contribution in [3.8, 4) is 5.75 Å². The van der Waals surface area contributed by atoms with E-state index in [0.717, 1.165) is 18.7 Å². The first kappa shape index (κ1) is 14.4. The van der Waals surface area contributed by atoms with E-state index in [1.807, 2.05) is 6.07 Å². The van der Waals surface area contributed by atoms with Crippen molar-refractivity contribution < 1.29 is 9.84 Å². The molecule has 1 atom stereocenters. The molecule has 1 unspecified atom stereocenters. The maximum Gasteiger partial charge on any atom is 0.124 e. The Bertz CT molecular complexity index is 375. The topological polar surface area (TPSA) is 41.5 Å². The number of para-hydroxylation sites is 1. The number of aliphatic hydroxyl groups is 1. The molecule has 1 aromatic carbocycles. The van der Waals surface area contributed by atoms with Gasteiger partial charge in [-0.1, -0.05) is 18.2 Å². The molecular formula is C16H25NO2. The van der Waals surface area contributed by atoms with Crippen LogP contribution >= 0.6 is 0 Å². The first-order chi connectivity index (χ1) is 9.29. The number of aliphatic hydroxyl groups excluding tert-OH is 1. The monoisotopic (exact) mass is 263 g/mol. The summed E-state index contributed by atoms with van der Waals surface area (Å²) < 4.78 is 6.11. The molecule has 1 fully saturated rings. The molecule has 19 heavy (non-hydrogen) atoms. The highest BCUT2D eigenvalue weighted by Crippen LogP contribution is 2.26. The summed E-state index contributed by atoms with van der Waals surface area (Å²) in [5.41, 5.74) is 1.21. The number of hydrogen-bond donors (Lipinski definition) is 2. The molecule has 0 aromatic heterocycles.